The van der Waals surface area contributed by atoms with Gasteiger partial charge in [-0.25, -0.2) is 0 Å². The number of hydrogen-bond acceptors (Lipinski definition) is 3. The first-order valence-electron chi connectivity index (χ1n) is 8.29. The summed E-state index contributed by atoms with van der Waals surface area (Å²) >= 11 is 0. The molecule has 0 saturated carbocycles. The number of hydrogen-bond donors (Lipinski definition) is 2. The Balaban J connectivity index is 1.68. The van der Waals surface area contributed by atoms with E-state index in [0.717, 1.165) is 41.7 Å². The Bertz CT molecular complexity index is 1060. The molecule has 2 N–H and O–H groups in total. The van der Waals surface area contributed by atoms with Crippen LogP contribution in [0.4, 0.5) is 0 Å². The zero-order valence-corrected chi connectivity index (χ0v) is 14.7. The second kappa shape index (κ2) is 6.04. The molecule has 1 heterocycles. The lowest BCUT2D eigenvalue weighted by molar-refractivity contribution is 0.584. The average molecular weight is 353 g/mol. The van der Waals surface area contributed by atoms with Crippen LogP contribution in [0.15, 0.2) is 58.5 Å². The van der Waals surface area contributed by atoms with Crippen molar-refractivity contribution in [2.24, 2.45) is 5.10 Å². The van der Waals surface area contributed by atoms with Gasteiger partial charge < -0.3 is 4.98 Å². The van der Waals surface area contributed by atoms with Crippen LogP contribution in [0.3, 0.4) is 0 Å². The first kappa shape index (κ1) is 15.9. The summed E-state index contributed by atoms with van der Waals surface area (Å²) in [5, 5.41) is 5.42. The second-order valence-corrected chi connectivity index (χ2v) is 8.00. The van der Waals surface area contributed by atoms with Crippen molar-refractivity contribution in [2.45, 2.75) is 31.1 Å². The van der Waals surface area contributed by atoms with Gasteiger partial charge in [-0.15, -0.1) is 0 Å². The van der Waals surface area contributed by atoms with E-state index >= 15 is 0 Å². The summed E-state index contributed by atoms with van der Waals surface area (Å²) in [4.78, 5) is 5.99. The average Bonchev–Trinajstić information content (AvgIpc) is 3.00. The van der Waals surface area contributed by atoms with Gasteiger partial charge in [0.05, 0.1) is 16.3 Å². The molecule has 0 amide bonds. The van der Waals surface area contributed by atoms with Gasteiger partial charge in [-0.3, -0.25) is 0 Å². The molecule has 0 radical (unpaired) electrons. The Morgan fingerprint density at radius 2 is 1.80 bits per heavy atom. The third-order valence-corrected chi connectivity index (χ3v) is 5.80. The number of aromatic amines is 1. The van der Waals surface area contributed by atoms with Gasteiger partial charge in [0, 0.05) is 10.9 Å². The summed E-state index contributed by atoms with van der Waals surface area (Å²) in [6.45, 7) is 1.92. The highest BCUT2D eigenvalue weighted by Gasteiger charge is 2.21. The number of nitrogens with zero attached hydrogens (tertiary/aromatic N) is 1. The summed E-state index contributed by atoms with van der Waals surface area (Å²) < 4.78 is 24.9. The summed E-state index contributed by atoms with van der Waals surface area (Å²) in [6, 6.07) is 14.9. The molecule has 3 aromatic rings. The van der Waals surface area contributed by atoms with Crippen molar-refractivity contribution in [3.63, 3.8) is 0 Å². The van der Waals surface area contributed by atoms with E-state index in [2.05, 4.69) is 21.0 Å². The Morgan fingerprint density at radius 3 is 2.60 bits per heavy atom. The molecule has 1 aliphatic rings. The third kappa shape index (κ3) is 2.93. The zero-order chi connectivity index (χ0) is 17.4. The lowest BCUT2D eigenvalue weighted by atomic mass is 9.94. The molecule has 25 heavy (non-hydrogen) atoms. The maximum absolute atomic E-state index is 12.4. The molecule has 0 saturated heterocycles. The van der Waals surface area contributed by atoms with Gasteiger partial charge in [-0.05, 0) is 49.9 Å². The molecule has 1 aliphatic carbocycles. The van der Waals surface area contributed by atoms with Crippen molar-refractivity contribution in [1.29, 1.82) is 0 Å². The highest BCUT2D eigenvalue weighted by molar-refractivity contribution is 7.89. The lowest BCUT2D eigenvalue weighted by Gasteiger charge is -2.14. The normalized spacial score (nSPS) is 16.1. The quantitative estimate of drug-likeness (QED) is 0.707. The number of hydrazone groups is 1. The van der Waals surface area contributed by atoms with Gasteiger partial charge in [-0.2, -0.15) is 18.4 Å². The van der Waals surface area contributed by atoms with Gasteiger partial charge in [0.1, 0.15) is 0 Å². The van der Waals surface area contributed by atoms with Gasteiger partial charge in [0.2, 0.25) is 0 Å². The van der Waals surface area contributed by atoms with Gasteiger partial charge in [0.15, 0.2) is 0 Å². The van der Waals surface area contributed by atoms with Crippen molar-refractivity contribution < 1.29 is 8.42 Å². The molecule has 0 unspecified atom stereocenters. The predicted octanol–water partition coefficient (Wildman–Crippen LogP) is 3.50. The van der Waals surface area contributed by atoms with E-state index in [1.165, 1.54) is 10.9 Å². The molecule has 0 fully saturated rings. The van der Waals surface area contributed by atoms with Crippen molar-refractivity contribution in [3.8, 4) is 0 Å². The van der Waals surface area contributed by atoms with Crippen LogP contribution >= 0.6 is 0 Å². The number of para-hydroxylation sites is 1. The number of rotatable bonds is 3. The van der Waals surface area contributed by atoms with Crippen molar-refractivity contribution >= 4 is 26.6 Å². The van der Waals surface area contributed by atoms with E-state index in [4.69, 9.17) is 0 Å². The predicted molar refractivity (Wildman–Crippen MR) is 99.3 cm³/mol. The summed E-state index contributed by atoms with van der Waals surface area (Å²) in [5.41, 5.74) is 4.99. The number of sulfonamides is 1. The fraction of sp³-hybridized carbons (Fsp3) is 0.211. The maximum atomic E-state index is 12.4. The molecule has 0 spiro atoms. The van der Waals surface area contributed by atoms with Gasteiger partial charge in [-0.1, -0.05) is 35.9 Å². The highest BCUT2D eigenvalue weighted by Crippen LogP contribution is 2.29. The van der Waals surface area contributed by atoms with Crippen LogP contribution in [0.1, 0.15) is 29.7 Å². The first-order chi connectivity index (χ1) is 12.0. The van der Waals surface area contributed by atoms with Gasteiger partial charge in [0.25, 0.3) is 10.0 Å². The van der Waals surface area contributed by atoms with Crippen LogP contribution in [-0.2, 0) is 16.4 Å². The van der Waals surface area contributed by atoms with E-state index in [1.807, 2.05) is 25.1 Å². The third-order valence-electron chi connectivity index (χ3n) is 4.57. The van der Waals surface area contributed by atoms with Crippen LogP contribution < -0.4 is 4.83 Å². The Hall–Kier alpha value is -2.60. The van der Waals surface area contributed by atoms with Crippen LogP contribution in [0.2, 0.25) is 0 Å². The van der Waals surface area contributed by atoms with E-state index < -0.39 is 10.0 Å². The Morgan fingerprint density at radius 1 is 1.04 bits per heavy atom. The van der Waals surface area contributed by atoms with E-state index in [9.17, 15) is 8.42 Å². The molecule has 0 atom stereocenters. The van der Waals surface area contributed by atoms with Crippen molar-refractivity contribution in [3.05, 3.63) is 65.4 Å². The Kier molecular flexibility index (Phi) is 3.84. The monoisotopic (exact) mass is 353 g/mol. The fourth-order valence-electron chi connectivity index (χ4n) is 3.26. The van der Waals surface area contributed by atoms with E-state index in [0.29, 0.717) is 0 Å². The topological polar surface area (TPSA) is 74.3 Å². The number of benzene rings is 2. The standard InChI is InChI=1S/C19H19N3O2S/c1-13-9-11-14(12-10-13)25(23,24)22-21-18-8-4-6-16-15-5-2-3-7-17(15)20-19(16)18/h2-3,5,7,9-12,20,22H,4,6,8H2,1H3/b21-18+. The molecule has 128 valence electrons. The number of aromatic nitrogens is 1. The molecule has 5 nitrogen and oxygen atoms in total. The zero-order valence-electron chi connectivity index (χ0n) is 13.9. The summed E-state index contributed by atoms with van der Waals surface area (Å²) in [7, 11) is -3.66. The molecule has 6 heteroatoms. The van der Waals surface area contributed by atoms with Crippen molar-refractivity contribution in [2.75, 3.05) is 0 Å². The first-order valence-corrected chi connectivity index (χ1v) is 9.78. The minimum Gasteiger partial charge on any atom is -0.353 e. The maximum Gasteiger partial charge on any atom is 0.276 e. The minimum absolute atomic E-state index is 0.218. The van der Waals surface area contributed by atoms with Crippen LogP contribution in [0.25, 0.3) is 10.9 Å². The Labute approximate surface area is 146 Å². The number of aryl methyl sites for hydroxylation is 2. The minimum atomic E-state index is -3.66. The van der Waals surface area contributed by atoms with Crippen molar-refractivity contribution in [1.82, 2.24) is 9.82 Å². The summed E-state index contributed by atoms with van der Waals surface area (Å²) in [6.07, 6.45) is 2.68. The van der Waals surface area contributed by atoms with Crippen LogP contribution in [0, 0.1) is 6.92 Å². The molecule has 0 bridgehead atoms. The SMILES string of the molecule is Cc1ccc(S(=O)(=O)N/N=C2\CCCc3c2[nH]c2ccccc32)cc1. The molecular weight excluding hydrogens is 334 g/mol. The number of nitrogens with one attached hydrogen (secondary N) is 2. The largest absolute Gasteiger partial charge is 0.353 e. The highest BCUT2D eigenvalue weighted by atomic mass is 32.2. The second-order valence-electron chi connectivity index (χ2n) is 6.34. The van der Waals surface area contributed by atoms with E-state index in [1.54, 1.807) is 24.3 Å². The molecule has 0 aliphatic heterocycles. The van der Waals surface area contributed by atoms with E-state index in [-0.39, 0.29) is 4.90 Å². The summed E-state index contributed by atoms with van der Waals surface area (Å²) in [5.74, 6) is 0. The lowest BCUT2D eigenvalue weighted by Crippen LogP contribution is -2.22. The molecule has 4 rings (SSSR count). The smallest absolute Gasteiger partial charge is 0.276 e. The number of H-pyrrole nitrogens is 1. The molecule has 1 aromatic heterocycles. The molecule has 2 aromatic carbocycles. The van der Waals surface area contributed by atoms with Gasteiger partial charge >= 0.3 is 0 Å². The molecular formula is C19H19N3O2S. The fourth-order valence-corrected chi connectivity index (χ4v) is 4.09. The van der Waals surface area contributed by atoms with Crippen LogP contribution in [-0.4, -0.2) is 19.1 Å². The number of fused-ring (bicyclic) bond motifs is 3. The van der Waals surface area contributed by atoms with Crippen LogP contribution in [0.5, 0.6) is 0 Å².